The minimum atomic E-state index is -0.0119. The average molecular weight is 314 g/mol. The molecule has 0 radical (unpaired) electrons. The number of aromatic nitrogens is 3. The van der Waals surface area contributed by atoms with Crippen LogP contribution in [-0.2, 0) is 11.3 Å². The van der Waals surface area contributed by atoms with Gasteiger partial charge in [-0.3, -0.25) is 9.48 Å². The number of anilines is 1. The minimum absolute atomic E-state index is 0.0119. The Hall–Kier alpha value is -2.21. The fourth-order valence-corrected chi connectivity index (χ4v) is 3.11. The molecule has 2 aromatic heterocycles. The Morgan fingerprint density at radius 1 is 1.32 bits per heavy atom. The zero-order valence-corrected chi connectivity index (χ0v) is 13.7. The molecule has 22 heavy (non-hydrogen) atoms. The Morgan fingerprint density at radius 3 is 2.86 bits per heavy atom. The van der Waals surface area contributed by atoms with Crippen LogP contribution in [0.1, 0.15) is 22.6 Å². The molecule has 5 nitrogen and oxygen atoms in total. The Balaban J connectivity index is 1.68. The van der Waals surface area contributed by atoms with Crippen LogP contribution in [0.15, 0.2) is 24.4 Å². The van der Waals surface area contributed by atoms with E-state index < -0.39 is 0 Å². The van der Waals surface area contributed by atoms with Crippen molar-refractivity contribution in [3.8, 4) is 0 Å². The third-order valence-electron chi connectivity index (χ3n) is 3.65. The highest BCUT2D eigenvalue weighted by Gasteiger charge is 2.11. The van der Waals surface area contributed by atoms with Gasteiger partial charge >= 0.3 is 0 Å². The van der Waals surface area contributed by atoms with E-state index in [-0.39, 0.29) is 5.91 Å². The number of rotatable bonds is 4. The fraction of sp³-hybridized carbons (Fsp3) is 0.312. The van der Waals surface area contributed by atoms with Crippen LogP contribution in [-0.4, -0.2) is 20.1 Å². The molecule has 0 unspecified atom stereocenters. The van der Waals surface area contributed by atoms with Gasteiger partial charge in [-0.1, -0.05) is 11.6 Å². The fourth-order valence-electron chi connectivity index (χ4n) is 2.46. The van der Waals surface area contributed by atoms with E-state index in [1.165, 1.54) is 17.1 Å². The van der Waals surface area contributed by atoms with E-state index in [4.69, 9.17) is 0 Å². The molecule has 3 aromatic rings. The van der Waals surface area contributed by atoms with Crippen LogP contribution in [0.3, 0.4) is 0 Å². The van der Waals surface area contributed by atoms with Crippen LogP contribution in [0.2, 0.25) is 0 Å². The van der Waals surface area contributed by atoms with Crippen molar-refractivity contribution in [2.45, 2.75) is 33.7 Å². The van der Waals surface area contributed by atoms with Crippen molar-refractivity contribution >= 4 is 34.0 Å². The zero-order chi connectivity index (χ0) is 15.7. The van der Waals surface area contributed by atoms with Crippen molar-refractivity contribution in [3.63, 3.8) is 0 Å². The van der Waals surface area contributed by atoms with Gasteiger partial charge in [0.05, 0.1) is 29.6 Å². The lowest BCUT2D eigenvalue weighted by atomic mass is 10.2. The lowest BCUT2D eigenvalue weighted by molar-refractivity contribution is -0.116. The molecule has 0 atom stereocenters. The molecule has 0 spiro atoms. The molecule has 3 rings (SSSR count). The monoisotopic (exact) mass is 314 g/mol. The molecule has 114 valence electrons. The summed E-state index contributed by atoms with van der Waals surface area (Å²) in [6, 6.07) is 6.21. The number of carbonyl (C=O) groups is 1. The number of amides is 1. The second kappa shape index (κ2) is 5.88. The van der Waals surface area contributed by atoms with Gasteiger partial charge in [-0.2, -0.15) is 9.47 Å². The van der Waals surface area contributed by atoms with Crippen molar-refractivity contribution in [2.24, 2.45) is 0 Å². The Morgan fingerprint density at radius 2 is 2.14 bits per heavy atom. The van der Waals surface area contributed by atoms with Gasteiger partial charge in [-0.25, -0.2) is 0 Å². The number of nitrogens with one attached hydrogen (secondary N) is 1. The van der Waals surface area contributed by atoms with Gasteiger partial charge in [0.15, 0.2) is 0 Å². The number of aryl methyl sites for hydroxylation is 4. The van der Waals surface area contributed by atoms with Gasteiger partial charge in [0.1, 0.15) is 0 Å². The molecule has 0 saturated carbocycles. The first kappa shape index (κ1) is 14.7. The van der Waals surface area contributed by atoms with E-state index in [1.807, 2.05) is 30.8 Å². The molecule has 1 amide bonds. The van der Waals surface area contributed by atoms with Gasteiger partial charge in [0.25, 0.3) is 0 Å². The highest BCUT2D eigenvalue weighted by molar-refractivity contribution is 7.06. The number of nitrogens with zero attached hydrogens (tertiary/aromatic N) is 3. The Labute approximate surface area is 133 Å². The number of hydrogen-bond donors (Lipinski definition) is 1. The summed E-state index contributed by atoms with van der Waals surface area (Å²) in [5.74, 6) is -0.0119. The van der Waals surface area contributed by atoms with Gasteiger partial charge < -0.3 is 5.32 Å². The van der Waals surface area contributed by atoms with Crippen molar-refractivity contribution in [2.75, 3.05) is 5.32 Å². The predicted molar refractivity (Wildman–Crippen MR) is 89.3 cm³/mol. The summed E-state index contributed by atoms with van der Waals surface area (Å²) in [5.41, 5.74) is 3.98. The van der Waals surface area contributed by atoms with Crippen LogP contribution >= 0.6 is 11.5 Å². The van der Waals surface area contributed by atoms with E-state index >= 15 is 0 Å². The van der Waals surface area contributed by atoms with Crippen LogP contribution in [0.4, 0.5) is 5.69 Å². The number of fused-ring (bicyclic) bond motifs is 1. The first-order chi connectivity index (χ1) is 10.5. The summed E-state index contributed by atoms with van der Waals surface area (Å²) in [4.78, 5) is 13.2. The molecular formula is C16H18N4OS. The second-order valence-corrected chi connectivity index (χ2v) is 6.40. The molecule has 0 fully saturated rings. The molecule has 0 bridgehead atoms. The maximum absolute atomic E-state index is 12.1. The van der Waals surface area contributed by atoms with E-state index in [9.17, 15) is 4.79 Å². The topological polar surface area (TPSA) is 59.8 Å². The zero-order valence-electron chi connectivity index (χ0n) is 12.9. The normalized spacial score (nSPS) is 11.0. The SMILES string of the molecule is Cc1ccc2c(cnn2CCC(=O)Nc2c(C)nsc2C)c1. The Kier molecular flexibility index (Phi) is 3.94. The molecule has 1 aromatic carbocycles. The van der Waals surface area contributed by atoms with Crippen molar-refractivity contribution in [1.29, 1.82) is 0 Å². The summed E-state index contributed by atoms with van der Waals surface area (Å²) >= 11 is 1.41. The third kappa shape index (κ3) is 2.87. The van der Waals surface area contributed by atoms with Crippen LogP contribution in [0.25, 0.3) is 10.9 Å². The summed E-state index contributed by atoms with van der Waals surface area (Å²) < 4.78 is 6.11. The number of carbonyl (C=O) groups excluding carboxylic acids is 1. The quantitative estimate of drug-likeness (QED) is 0.802. The average Bonchev–Trinajstić information content (AvgIpc) is 3.02. The molecular weight excluding hydrogens is 296 g/mol. The molecule has 0 aliphatic rings. The second-order valence-electron chi connectivity index (χ2n) is 5.43. The van der Waals surface area contributed by atoms with Crippen LogP contribution < -0.4 is 5.32 Å². The molecule has 2 heterocycles. The largest absolute Gasteiger partial charge is 0.323 e. The van der Waals surface area contributed by atoms with Crippen molar-refractivity contribution < 1.29 is 4.79 Å². The van der Waals surface area contributed by atoms with Gasteiger partial charge in [0.2, 0.25) is 5.91 Å². The summed E-state index contributed by atoms with van der Waals surface area (Å²) in [6.07, 6.45) is 2.23. The van der Waals surface area contributed by atoms with Crippen molar-refractivity contribution in [3.05, 3.63) is 40.5 Å². The number of hydrogen-bond acceptors (Lipinski definition) is 4. The lowest BCUT2D eigenvalue weighted by Crippen LogP contribution is -2.15. The summed E-state index contributed by atoms with van der Waals surface area (Å²) in [7, 11) is 0. The molecule has 0 aliphatic carbocycles. The minimum Gasteiger partial charge on any atom is -0.323 e. The Bertz CT molecular complexity index is 814. The molecule has 6 heteroatoms. The van der Waals surface area contributed by atoms with E-state index in [1.54, 1.807) is 0 Å². The first-order valence-corrected chi connectivity index (χ1v) is 7.97. The summed E-state index contributed by atoms with van der Waals surface area (Å²) in [5, 5.41) is 8.42. The highest BCUT2D eigenvalue weighted by atomic mass is 32.1. The standard InChI is InChI=1S/C16H18N4OS/c1-10-4-5-14-13(8-10)9-17-20(14)7-6-15(21)18-16-11(2)19-22-12(16)3/h4-5,8-9H,6-7H2,1-3H3,(H,18,21). The summed E-state index contributed by atoms with van der Waals surface area (Å²) in [6.45, 7) is 6.49. The third-order valence-corrected chi connectivity index (χ3v) is 4.49. The first-order valence-electron chi connectivity index (χ1n) is 7.19. The maximum atomic E-state index is 12.1. The smallest absolute Gasteiger partial charge is 0.226 e. The highest BCUT2D eigenvalue weighted by Crippen LogP contribution is 2.23. The lowest BCUT2D eigenvalue weighted by Gasteiger charge is -2.06. The van der Waals surface area contributed by atoms with Gasteiger partial charge in [-0.15, -0.1) is 0 Å². The number of benzene rings is 1. The molecule has 1 N–H and O–H groups in total. The molecule has 0 aliphatic heterocycles. The van der Waals surface area contributed by atoms with Gasteiger partial charge in [-0.05, 0) is 44.4 Å². The van der Waals surface area contributed by atoms with E-state index in [0.717, 1.165) is 27.2 Å². The molecule has 0 saturated heterocycles. The van der Waals surface area contributed by atoms with Gasteiger partial charge in [0, 0.05) is 16.7 Å². The van der Waals surface area contributed by atoms with E-state index in [0.29, 0.717) is 13.0 Å². The van der Waals surface area contributed by atoms with E-state index in [2.05, 4.69) is 33.8 Å². The van der Waals surface area contributed by atoms with Crippen LogP contribution in [0, 0.1) is 20.8 Å². The van der Waals surface area contributed by atoms with Crippen LogP contribution in [0.5, 0.6) is 0 Å². The van der Waals surface area contributed by atoms with Crippen molar-refractivity contribution in [1.82, 2.24) is 14.2 Å². The predicted octanol–water partition coefficient (Wildman–Crippen LogP) is 3.45. The maximum Gasteiger partial charge on any atom is 0.226 e.